The third-order valence-corrected chi connectivity index (χ3v) is 3.26. The highest BCUT2D eigenvalue weighted by Crippen LogP contribution is 2.36. The highest BCUT2D eigenvalue weighted by molar-refractivity contribution is 5.85. The summed E-state index contributed by atoms with van der Waals surface area (Å²) < 4.78 is 10.2. The van der Waals surface area contributed by atoms with E-state index in [0.29, 0.717) is 5.75 Å². The molecular weight excluding hydrogens is 342 g/mol. The largest absolute Gasteiger partial charge is 0.500 e. The first-order valence-corrected chi connectivity index (χ1v) is 7.47. The van der Waals surface area contributed by atoms with Gasteiger partial charge in [-0.3, -0.25) is 14.9 Å². The number of carbonyl (C=O) groups excluding carboxylic acids is 1. The van der Waals surface area contributed by atoms with Crippen LogP contribution in [0.25, 0.3) is 0 Å². The van der Waals surface area contributed by atoms with Gasteiger partial charge in [-0.05, 0) is 30.7 Å². The number of nitrogens with zero attached hydrogens (tertiary/aromatic N) is 2. The molecule has 136 valence electrons. The number of ether oxygens (including phenoxy) is 2. The molecule has 0 radical (unpaired) electrons. The normalized spacial score (nSPS) is 10.5. The fourth-order valence-corrected chi connectivity index (χ4v) is 2.05. The molecule has 0 aliphatic heterocycles. The predicted octanol–water partition coefficient (Wildman–Crippen LogP) is 2.15. The van der Waals surface area contributed by atoms with Gasteiger partial charge in [0.2, 0.25) is 5.75 Å². The number of phenols is 1. The van der Waals surface area contributed by atoms with Gasteiger partial charge in [-0.2, -0.15) is 5.10 Å². The average Bonchev–Trinajstić information content (AvgIpc) is 2.61. The fraction of sp³-hybridized carbons (Fsp3) is 0.176. The quantitative estimate of drug-likeness (QED) is 0.443. The summed E-state index contributed by atoms with van der Waals surface area (Å²) in [4.78, 5) is 21.9. The highest BCUT2D eigenvalue weighted by atomic mass is 16.6. The Morgan fingerprint density at radius 3 is 2.81 bits per heavy atom. The molecule has 0 unspecified atom stereocenters. The SMILES string of the molecule is COc1cc(C=NNC(=O)COc2cccc(C)c2)cc([N+](=O)[O-])c1O. The summed E-state index contributed by atoms with van der Waals surface area (Å²) in [6.45, 7) is 1.67. The lowest BCUT2D eigenvalue weighted by molar-refractivity contribution is -0.386. The Hall–Kier alpha value is -3.62. The minimum atomic E-state index is -0.747. The first kappa shape index (κ1) is 18.7. The Morgan fingerprint density at radius 1 is 1.38 bits per heavy atom. The van der Waals surface area contributed by atoms with Gasteiger partial charge in [0, 0.05) is 11.6 Å². The van der Waals surface area contributed by atoms with Crippen LogP contribution in [0.4, 0.5) is 5.69 Å². The molecule has 0 spiro atoms. The second kappa shape index (κ2) is 8.47. The van der Waals surface area contributed by atoms with Crippen molar-refractivity contribution in [2.45, 2.75) is 6.92 Å². The Morgan fingerprint density at radius 2 is 2.15 bits per heavy atom. The van der Waals surface area contributed by atoms with Crippen molar-refractivity contribution in [2.75, 3.05) is 13.7 Å². The number of rotatable bonds is 7. The second-order valence-corrected chi connectivity index (χ2v) is 5.25. The molecule has 0 saturated carbocycles. The Kier molecular flexibility index (Phi) is 6.10. The zero-order chi connectivity index (χ0) is 19.1. The van der Waals surface area contributed by atoms with Crippen LogP contribution in [0.15, 0.2) is 41.5 Å². The smallest absolute Gasteiger partial charge is 0.315 e. The number of hydrazone groups is 1. The Balaban J connectivity index is 1.98. The topological polar surface area (TPSA) is 123 Å². The maximum Gasteiger partial charge on any atom is 0.315 e. The van der Waals surface area contributed by atoms with E-state index < -0.39 is 22.3 Å². The standard InChI is InChI=1S/C17H17N3O6/c1-11-4-3-5-13(6-11)26-10-16(21)19-18-9-12-7-14(20(23)24)17(22)15(8-12)25-2/h3-9,22H,10H2,1-2H3,(H,19,21). The van der Waals surface area contributed by atoms with Gasteiger partial charge in [0.25, 0.3) is 5.91 Å². The summed E-state index contributed by atoms with van der Waals surface area (Å²) in [5.74, 6) is -0.592. The van der Waals surface area contributed by atoms with Crippen LogP contribution in [-0.4, -0.2) is 35.9 Å². The molecule has 0 bridgehead atoms. The summed E-state index contributed by atoms with van der Waals surface area (Å²) in [5.41, 5.74) is 2.99. The first-order valence-electron chi connectivity index (χ1n) is 7.47. The number of methoxy groups -OCH3 is 1. The minimum Gasteiger partial charge on any atom is -0.500 e. The van der Waals surface area contributed by atoms with Gasteiger partial charge in [0.15, 0.2) is 12.4 Å². The van der Waals surface area contributed by atoms with E-state index in [1.54, 1.807) is 12.1 Å². The summed E-state index contributed by atoms with van der Waals surface area (Å²) in [6, 6.07) is 9.69. The third-order valence-electron chi connectivity index (χ3n) is 3.26. The van der Waals surface area contributed by atoms with Crippen molar-refractivity contribution in [1.82, 2.24) is 5.43 Å². The lowest BCUT2D eigenvalue weighted by Gasteiger charge is -2.06. The molecule has 9 nitrogen and oxygen atoms in total. The molecule has 9 heteroatoms. The molecule has 0 aromatic heterocycles. The van der Waals surface area contributed by atoms with Gasteiger partial charge >= 0.3 is 5.69 Å². The Labute approximate surface area is 149 Å². The van der Waals surface area contributed by atoms with Crippen LogP contribution in [0.2, 0.25) is 0 Å². The summed E-state index contributed by atoms with van der Waals surface area (Å²) in [7, 11) is 1.27. The molecule has 2 aromatic rings. The van der Waals surface area contributed by atoms with Crippen LogP contribution in [0.3, 0.4) is 0 Å². The van der Waals surface area contributed by atoms with Crippen LogP contribution < -0.4 is 14.9 Å². The van der Waals surface area contributed by atoms with E-state index in [2.05, 4.69) is 10.5 Å². The van der Waals surface area contributed by atoms with E-state index in [1.807, 2.05) is 19.1 Å². The molecule has 0 heterocycles. The lowest BCUT2D eigenvalue weighted by atomic mass is 10.2. The number of hydrogen-bond acceptors (Lipinski definition) is 7. The molecular formula is C17H17N3O6. The number of nitro groups is 1. The highest BCUT2D eigenvalue weighted by Gasteiger charge is 2.19. The first-order chi connectivity index (χ1) is 12.4. The van der Waals surface area contributed by atoms with Crippen molar-refractivity contribution >= 4 is 17.8 Å². The van der Waals surface area contributed by atoms with Crippen molar-refractivity contribution in [2.24, 2.45) is 5.10 Å². The van der Waals surface area contributed by atoms with E-state index in [9.17, 15) is 20.0 Å². The van der Waals surface area contributed by atoms with Crippen molar-refractivity contribution in [1.29, 1.82) is 0 Å². The van der Waals surface area contributed by atoms with Crippen LogP contribution >= 0.6 is 0 Å². The number of aromatic hydroxyl groups is 1. The second-order valence-electron chi connectivity index (χ2n) is 5.25. The van der Waals surface area contributed by atoms with Gasteiger partial charge in [-0.25, -0.2) is 5.43 Å². The molecule has 26 heavy (non-hydrogen) atoms. The molecule has 2 aromatic carbocycles. The van der Waals surface area contributed by atoms with E-state index in [4.69, 9.17) is 9.47 Å². The molecule has 0 aliphatic rings. The maximum atomic E-state index is 11.7. The van der Waals surface area contributed by atoms with E-state index in [1.165, 1.54) is 19.4 Å². The van der Waals surface area contributed by atoms with Gasteiger partial charge < -0.3 is 14.6 Å². The number of aryl methyl sites for hydroxylation is 1. The number of benzene rings is 2. The fourth-order valence-electron chi connectivity index (χ4n) is 2.05. The molecule has 0 atom stereocenters. The third kappa shape index (κ3) is 4.94. The maximum absolute atomic E-state index is 11.7. The minimum absolute atomic E-state index is 0.0743. The van der Waals surface area contributed by atoms with Crippen LogP contribution in [-0.2, 0) is 4.79 Å². The molecule has 0 aliphatic carbocycles. The summed E-state index contributed by atoms with van der Waals surface area (Å²) in [6.07, 6.45) is 1.19. The van der Waals surface area contributed by atoms with Gasteiger partial charge in [0.1, 0.15) is 5.75 Å². The van der Waals surface area contributed by atoms with E-state index >= 15 is 0 Å². The molecule has 1 amide bonds. The number of nitrogens with one attached hydrogen (secondary N) is 1. The van der Waals surface area contributed by atoms with Gasteiger partial charge in [-0.1, -0.05) is 12.1 Å². The number of nitro benzene ring substituents is 1. The van der Waals surface area contributed by atoms with Crippen LogP contribution in [0, 0.1) is 17.0 Å². The predicted molar refractivity (Wildman–Crippen MR) is 93.7 cm³/mol. The number of amides is 1. The summed E-state index contributed by atoms with van der Waals surface area (Å²) in [5, 5.41) is 24.3. The number of phenolic OH excluding ortho intramolecular Hbond substituents is 1. The molecule has 0 saturated heterocycles. The zero-order valence-corrected chi connectivity index (χ0v) is 14.1. The Bertz CT molecular complexity index is 850. The van der Waals surface area contributed by atoms with Crippen molar-refractivity contribution in [3.8, 4) is 17.2 Å². The molecule has 2 rings (SSSR count). The lowest BCUT2D eigenvalue weighted by Crippen LogP contribution is -2.24. The van der Waals surface area contributed by atoms with Crippen molar-refractivity contribution in [3.63, 3.8) is 0 Å². The number of hydrogen-bond donors (Lipinski definition) is 2. The molecule has 2 N–H and O–H groups in total. The monoisotopic (exact) mass is 359 g/mol. The molecule has 0 fully saturated rings. The van der Waals surface area contributed by atoms with Crippen molar-refractivity contribution < 1.29 is 24.3 Å². The van der Waals surface area contributed by atoms with Gasteiger partial charge in [0.05, 0.1) is 18.2 Å². The zero-order valence-electron chi connectivity index (χ0n) is 14.1. The van der Waals surface area contributed by atoms with Crippen LogP contribution in [0.1, 0.15) is 11.1 Å². The van der Waals surface area contributed by atoms with E-state index in [0.717, 1.165) is 11.6 Å². The number of carbonyl (C=O) groups is 1. The summed E-state index contributed by atoms with van der Waals surface area (Å²) >= 11 is 0. The van der Waals surface area contributed by atoms with Crippen molar-refractivity contribution in [3.05, 3.63) is 57.6 Å². The van der Waals surface area contributed by atoms with Gasteiger partial charge in [-0.15, -0.1) is 0 Å². The van der Waals surface area contributed by atoms with E-state index in [-0.39, 0.29) is 17.9 Å². The van der Waals surface area contributed by atoms with Crippen LogP contribution in [0.5, 0.6) is 17.2 Å². The average molecular weight is 359 g/mol.